The second kappa shape index (κ2) is 5.19. The lowest BCUT2D eigenvalue weighted by molar-refractivity contribution is -0.0232. The molecule has 1 fully saturated rings. The molecule has 1 aromatic carbocycles. The van der Waals surface area contributed by atoms with E-state index in [2.05, 4.69) is 15.2 Å². The van der Waals surface area contributed by atoms with Gasteiger partial charge in [0.05, 0.1) is 13.2 Å². The van der Waals surface area contributed by atoms with Crippen LogP contribution in [0.2, 0.25) is 0 Å². The van der Waals surface area contributed by atoms with Crippen molar-refractivity contribution in [3.05, 3.63) is 48.0 Å². The number of aromatic nitrogens is 3. The number of hydrogen-bond acceptors (Lipinski definition) is 4. The van der Waals surface area contributed by atoms with Gasteiger partial charge in [-0.3, -0.25) is 9.89 Å². The minimum absolute atomic E-state index is 0.0816. The third-order valence-corrected chi connectivity index (χ3v) is 3.14. The number of rotatable bonds is 2. The average Bonchev–Trinajstić information content (AvgIpc) is 3.02. The number of ether oxygens (including phenoxy) is 1. The molecule has 0 bridgehead atoms. The zero-order chi connectivity index (χ0) is 13.1. The summed E-state index contributed by atoms with van der Waals surface area (Å²) in [6.07, 6.45) is 1.25. The van der Waals surface area contributed by atoms with Crippen molar-refractivity contribution in [1.82, 2.24) is 20.1 Å². The van der Waals surface area contributed by atoms with Crippen LogP contribution >= 0.6 is 0 Å². The molecule has 2 heterocycles. The van der Waals surface area contributed by atoms with E-state index in [1.807, 2.05) is 30.3 Å². The Morgan fingerprint density at radius 3 is 2.95 bits per heavy atom. The number of nitrogens with zero attached hydrogens (tertiary/aromatic N) is 3. The van der Waals surface area contributed by atoms with Crippen LogP contribution < -0.4 is 0 Å². The number of amides is 1. The van der Waals surface area contributed by atoms with Gasteiger partial charge in [-0.05, 0) is 5.56 Å². The summed E-state index contributed by atoms with van der Waals surface area (Å²) in [5.41, 5.74) is 1.08. The van der Waals surface area contributed by atoms with Crippen molar-refractivity contribution in [3.63, 3.8) is 0 Å². The number of H-pyrrole nitrogens is 1. The molecule has 6 heteroatoms. The highest BCUT2D eigenvalue weighted by molar-refractivity contribution is 5.90. The third kappa shape index (κ3) is 2.48. The Morgan fingerprint density at radius 1 is 1.37 bits per heavy atom. The molecule has 98 valence electrons. The predicted octanol–water partition coefficient (Wildman–Crippen LogP) is 1.02. The number of carbonyl (C=O) groups is 1. The molecule has 1 atom stereocenters. The first-order valence-corrected chi connectivity index (χ1v) is 6.16. The van der Waals surface area contributed by atoms with Crippen molar-refractivity contribution >= 4 is 5.91 Å². The Hall–Kier alpha value is -2.21. The first-order valence-electron chi connectivity index (χ1n) is 6.16. The van der Waals surface area contributed by atoms with Crippen molar-refractivity contribution in [3.8, 4) is 0 Å². The normalized spacial score (nSPS) is 19.4. The van der Waals surface area contributed by atoms with Gasteiger partial charge >= 0.3 is 0 Å². The Bertz CT molecular complexity index is 541. The lowest BCUT2D eigenvalue weighted by atomic mass is 10.1. The van der Waals surface area contributed by atoms with Crippen LogP contribution in [0.15, 0.2) is 36.7 Å². The van der Waals surface area contributed by atoms with Crippen molar-refractivity contribution in [1.29, 1.82) is 0 Å². The van der Waals surface area contributed by atoms with E-state index >= 15 is 0 Å². The van der Waals surface area contributed by atoms with Crippen LogP contribution in [0.5, 0.6) is 0 Å². The molecule has 3 rings (SSSR count). The average molecular weight is 258 g/mol. The van der Waals surface area contributed by atoms with Crippen molar-refractivity contribution in [2.75, 3.05) is 19.7 Å². The van der Waals surface area contributed by atoms with E-state index in [0.29, 0.717) is 19.7 Å². The summed E-state index contributed by atoms with van der Waals surface area (Å²) in [6.45, 7) is 1.63. The van der Waals surface area contributed by atoms with E-state index in [-0.39, 0.29) is 17.8 Å². The fourth-order valence-electron chi connectivity index (χ4n) is 2.16. The Labute approximate surface area is 110 Å². The maximum Gasteiger partial charge on any atom is 0.291 e. The summed E-state index contributed by atoms with van der Waals surface area (Å²) in [7, 11) is 0. The molecule has 1 saturated heterocycles. The van der Waals surface area contributed by atoms with Crippen molar-refractivity contribution in [2.24, 2.45) is 0 Å². The van der Waals surface area contributed by atoms with Gasteiger partial charge in [0.25, 0.3) is 5.91 Å². The zero-order valence-corrected chi connectivity index (χ0v) is 10.3. The molecular formula is C13H14N4O2. The molecule has 1 unspecified atom stereocenters. The fraction of sp³-hybridized carbons (Fsp3) is 0.308. The molecule has 0 aliphatic carbocycles. The van der Waals surface area contributed by atoms with Crippen LogP contribution in [0, 0.1) is 0 Å². The third-order valence-electron chi connectivity index (χ3n) is 3.14. The predicted molar refractivity (Wildman–Crippen MR) is 67.4 cm³/mol. The molecule has 1 N–H and O–H groups in total. The largest absolute Gasteiger partial charge is 0.370 e. The molecule has 0 spiro atoms. The number of carbonyl (C=O) groups excluding carboxylic acids is 1. The summed E-state index contributed by atoms with van der Waals surface area (Å²) in [4.78, 5) is 17.8. The van der Waals surface area contributed by atoms with Gasteiger partial charge in [0.1, 0.15) is 12.4 Å². The quantitative estimate of drug-likeness (QED) is 0.873. The van der Waals surface area contributed by atoms with Crippen LogP contribution in [-0.2, 0) is 4.74 Å². The van der Waals surface area contributed by atoms with Gasteiger partial charge in [-0.1, -0.05) is 30.3 Å². The van der Waals surface area contributed by atoms with Gasteiger partial charge in [-0.2, -0.15) is 5.10 Å². The monoisotopic (exact) mass is 258 g/mol. The molecule has 19 heavy (non-hydrogen) atoms. The summed E-state index contributed by atoms with van der Waals surface area (Å²) in [6, 6.07) is 9.91. The molecule has 1 aliphatic rings. The van der Waals surface area contributed by atoms with Crippen LogP contribution in [-0.4, -0.2) is 45.7 Å². The number of benzene rings is 1. The maximum absolute atomic E-state index is 12.2. The van der Waals surface area contributed by atoms with Gasteiger partial charge in [0.15, 0.2) is 0 Å². The van der Waals surface area contributed by atoms with E-state index in [4.69, 9.17) is 4.74 Å². The first-order chi connectivity index (χ1) is 9.34. The highest BCUT2D eigenvalue weighted by Gasteiger charge is 2.27. The van der Waals surface area contributed by atoms with Gasteiger partial charge in [0.2, 0.25) is 5.82 Å². The number of hydrogen-bond donors (Lipinski definition) is 1. The summed E-state index contributed by atoms with van der Waals surface area (Å²) in [5, 5.41) is 6.30. The van der Waals surface area contributed by atoms with Crippen LogP contribution in [0.1, 0.15) is 22.3 Å². The topological polar surface area (TPSA) is 71.1 Å². The van der Waals surface area contributed by atoms with Gasteiger partial charge in [-0.15, -0.1) is 0 Å². The Kier molecular flexibility index (Phi) is 3.24. The molecule has 1 amide bonds. The van der Waals surface area contributed by atoms with Gasteiger partial charge in [0, 0.05) is 6.54 Å². The van der Waals surface area contributed by atoms with Crippen molar-refractivity contribution < 1.29 is 9.53 Å². The maximum atomic E-state index is 12.2. The molecule has 2 aromatic rings. The Morgan fingerprint density at radius 2 is 2.21 bits per heavy atom. The van der Waals surface area contributed by atoms with Gasteiger partial charge < -0.3 is 9.64 Å². The van der Waals surface area contributed by atoms with E-state index in [1.54, 1.807) is 4.90 Å². The summed E-state index contributed by atoms with van der Waals surface area (Å²) < 4.78 is 5.72. The SMILES string of the molecule is O=C(c1ncn[nH]1)N1CCOC(c2ccccc2)C1. The molecular weight excluding hydrogens is 244 g/mol. The second-order valence-electron chi connectivity index (χ2n) is 4.36. The molecule has 1 aromatic heterocycles. The van der Waals surface area contributed by atoms with E-state index < -0.39 is 0 Å². The highest BCUT2D eigenvalue weighted by Crippen LogP contribution is 2.22. The highest BCUT2D eigenvalue weighted by atomic mass is 16.5. The number of aromatic amines is 1. The van der Waals surface area contributed by atoms with Crippen LogP contribution in [0.4, 0.5) is 0 Å². The van der Waals surface area contributed by atoms with E-state index in [9.17, 15) is 4.79 Å². The van der Waals surface area contributed by atoms with Crippen molar-refractivity contribution in [2.45, 2.75) is 6.10 Å². The molecule has 1 aliphatic heterocycles. The summed E-state index contributed by atoms with van der Waals surface area (Å²) >= 11 is 0. The minimum Gasteiger partial charge on any atom is -0.370 e. The molecule has 6 nitrogen and oxygen atoms in total. The van der Waals surface area contributed by atoms with Gasteiger partial charge in [-0.25, -0.2) is 4.98 Å². The number of nitrogens with one attached hydrogen (secondary N) is 1. The van der Waals surface area contributed by atoms with Crippen LogP contribution in [0.3, 0.4) is 0 Å². The van der Waals surface area contributed by atoms with Crippen LogP contribution in [0.25, 0.3) is 0 Å². The zero-order valence-electron chi connectivity index (χ0n) is 10.3. The van der Waals surface area contributed by atoms with E-state index in [1.165, 1.54) is 6.33 Å². The summed E-state index contributed by atoms with van der Waals surface area (Å²) in [5.74, 6) is 0.135. The smallest absolute Gasteiger partial charge is 0.291 e. The fourth-order valence-corrected chi connectivity index (χ4v) is 2.16. The molecule has 0 saturated carbocycles. The number of morpholine rings is 1. The van der Waals surface area contributed by atoms with E-state index in [0.717, 1.165) is 5.56 Å². The second-order valence-corrected chi connectivity index (χ2v) is 4.36. The standard InChI is InChI=1S/C13H14N4O2/c18-13(12-14-9-15-16-12)17-6-7-19-11(8-17)10-4-2-1-3-5-10/h1-5,9,11H,6-8H2,(H,14,15,16). The lowest BCUT2D eigenvalue weighted by Crippen LogP contribution is -2.42. The minimum atomic E-state index is -0.137. The lowest BCUT2D eigenvalue weighted by Gasteiger charge is -2.32. The first kappa shape index (κ1) is 11.9. The Balaban J connectivity index is 1.73. The molecule has 0 radical (unpaired) electrons.